The number of ether oxygens (including phenoxy) is 1. The van der Waals surface area contributed by atoms with E-state index in [9.17, 15) is 4.79 Å². The quantitative estimate of drug-likeness (QED) is 0.597. The molecule has 0 atom stereocenters. The summed E-state index contributed by atoms with van der Waals surface area (Å²) in [6, 6.07) is 0. The molecule has 4 heteroatoms. The maximum absolute atomic E-state index is 11.0. The minimum absolute atomic E-state index is 0.284. The van der Waals surface area contributed by atoms with Gasteiger partial charge in [0.15, 0.2) is 0 Å². The van der Waals surface area contributed by atoms with Crippen LogP contribution in [-0.4, -0.2) is 36.4 Å². The van der Waals surface area contributed by atoms with Crippen LogP contribution in [-0.2, 0) is 9.53 Å². The molecule has 0 aromatic heterocycles. The first-order valence-electron chi connectivity index (χ1n) is 4.21. The number of rotatable bonds is 3. The highest BCUT2D eigenvalue weighted by atomic mass is 16.5. The Kier molecular flexibility index (Phi) is 3.29. The summed E-state index contributed by atoms with van der Waals surface area (Å²) in [5.41, 5.74) is -0.870. The summed E-state index contributed by atoms with van der Waals surface area (Å²) in [6.07, 6.45) is 6.02. The summed E-state index contributed by atoms with van der Waals surface area (Å²) in [7, 11) is 0. The molecule has 1 aliphatic rings. The van der Waals surface area contributed by atoms with Gasteiger partial charge in [0.25, 0.3) is 0 Å². The highest BCUT2D eigenvalue weighted by Gasteiger charge is 2.39. The molecule has 1 fully saturated rings. The van der Waals surface area contributed by atoms with Crippen molar-refractivity contribution in [2.24, 2.45) is 0 Å². The van der Waals surface area contributed by atoms with E-state index in [2.05, 4.69) is 11.2 Å². The van der Waals surface area contributed by atoms with Crippen molar-refractivity contribution >= 4 is 5.97 Å². The zero-order chi connectivity index (χ0) is 9.73. The topological polar surface area (TPSA) is 58.6 Å². The van der Waals surface area contributed by atoms with Crippen LogP contribution in [0, 0.1) is 12.3 Å². The number of hydrogen-bond donors (Lipinski definition) is 2. The molecule has 1 rings (SSSR count). The molecule has 1 aliphatic heterocycles. The Hall–Kier alpha value is -1.05. The fraction of sp³-hybridized carbons (Fsp3) is 0.667. The summed E-state index contributed by atoms with van der Waals surface area (Å²) in [5.74, 6) is 1.54. The fourth-order valence-electron chi connectivity index (χ4n) is 1.41. The van der Waals surface area contributed by atoms with Gasteiger partial charge in [0, 0.05) is 13.2 Å². The number of hydrogen-bond acceptors (Lipinski definition) is 3. The van der Waals surface area contributed by atoms with Crippen LogP contribution in [0.25, 0.3) is 0 Å². The molecule has 0 spiro atoms. The highest BCUT2D eigenvalue weighted by Crippen LogP contribution is 2.20. The van der Waals surface area contributed by atoms with Crippen LogP contribution in [0.2, 0.25) is 0 Å². The Morgan fingerprint density at radius 2 is 2.23 bits per heavy atom. The van der Waals surface area contributed by atoms with Gasteiger partial charge in [-0.1, -0.05) is 5.92 Å². The van der Waals surface area contributed by atoms with Crippen LogP contribution in [0.5, 0.6) is 0 Å². The van der Waals surface area contributed by atoms with Crippen molar-refractivity contribution in [3.8, 4) is 12.3 Å². The van der Waals surface area contributed by atoms with Gasteiger partial charge in [-0.2, -0.15) is 0 Å². The van der Waals surface area contributed by atoms with E-state index in [1.54, 1.807) is 0 Å². The lowest BCUT2D eigenvalue weighted by Crippen LogP contribution is -2.55. The van der Waals surface area contributed by atoms with Crippen LogP contribution in [0.15, 0.2) is 0 Å². The van der Waals surface area contributed by atoms with Gasteiger partial charge in [-0.05, 0) is 12.8 Å². The Labute approximate surface area is 77.3 Å². The Morgan fingerprint density at radius 3 is 2.69 bits per heavy atom. The van der Waals surface area contributed by atoms with Crippen molar-refractivity contribution in [1.29, 1.82) is 0 Å². The molecule has 0 aromatic carbocycles. The lowest BCUT2D eigenvalue weighted by Gasteiger charge is -2.33. The predicted molar refractivity (Wildman–Crippen MR) is 47.3 cm³/mol. The predicted octanol–water partition coefficient (Wildman–Crippen LogP) is -0.157. The molecule has 1 saturated heterocycles. The molecular weight excluding hydrogens is 170 g/mol. The molecule has 72 valence electrons. The lowest BCUT2D eigenvalue weighted by molar-refractivity contribution is -0.149. The Morgan fingerprint density at radius 1 is 1.62 bits per heavy atom. The van der Waals surface area contributed by atoms with Gasteiger partial charge >= 0.3 is 5.97 Å². The molecule has 0 bridgehead atoms. The number of terminal acetylenes is 1. The summed E-state index contributed by atoms with van der Waals surface area (Å²) in [6.45, 7) is 1.24. The maximum Gasteiger partial charge on any atom is 0.324 e. The highest BCUT2D eigenvalue weighted by molar-refractivity contribution is 5.79. The van der Waals surface area contributed by atoms with Crippen LogP contribution < -0.4 is 5.32 Å². The second-order valence-electron chi connectivity index (χ2n) is 3.06. The molecule has 4 nitrogen and oxygen atoms in total. The molecular formula is C9H13NO3. The van der Waals surface area contributed by atoms with Crippen LogP contribution >= 0.6 is 0 Å². The number of nitrogens with one attached hydrogen (secondary N) is 1. The second-order valence-corrected chi connectivity index (χ2v) is 3.06. The number of carboxylic acid groups (broad SMARTS) is 1. The largest absolute Gasteiger partial charge is 0.480 e. The van der Waals surface area contributed by atoms with Crippen molar-refractivity contribution in [2.45, 2.75) is 18.4 Å². The molecule has 0 saturated carbocycles. The van der Waals surface area contributed by atoms with Gasteiger partial charge in [-0.3, -0.25) is 10.1 Å². The van der Waals surface area contributed by atoms with Crippen molar-refractivity contribution < 1.29 is 14.6 Å². The average molecular weight is 183 g/mol. The summed E-state index contributed by atoms with van der Waals surface area (Å²) in [4.78, 5) is 11.0. The smallest absolute Gasteiger partial charge is 0.324 e. The minimum atomic E-state index is -0.870. The SMILES string of the molecule is C#CCNC1(C(=O)O)CCOCC1. The van der Waals surface area contributed by atoms with Crippen molar-refractivity contribution in [3.05, 3.63) is 0 Å². The van der Waals surface area contributed by atoms with E-state index in [0.717, 1.165) is 0 Å². The molecule has 0 radical (unpaired) electrons. The number of aliphatic carboxylic acids is 1. The van der Waals surface area contributed by atoms with Crippen molar-refractivity contribution in [2.75, 3.05) is 19.8 Å². The molecule has 0 unspecified atom stereocenters. The van der Waals surface area contributed by atoms with E-state index in [-0.39, 0.29) is 6.54 Å². The van der Waals surface area contributed by atoms with Gasteiger partial charge in [0.05, 0.1) is 6.54 Å². The van der Waals surface area contributed by atoms with E-state index < -0.39 is 11.5 Å². The standard InChI is InChI=1S/C9H13NO3/c1-2-5-10-9(8(11)12)3-6-13-7-4-9/h1,10H,3-7H2,(H,11,12). The molecule has 2 N–H and O–H groups in total. The van der Waals surface area contributed by atoms with Gasteiger partial charge in [0.2, 0.25) is 0 Å². The number of carbonyl (C=O) groups is 1. The fourth-order valence-corrected chi connectivity index (χ4v) is 1.41. The molecule has 0 aromatic rings. The third-order valence-corrected chi connectivity index (χ3v) is 2.28. The lowest BCUT2D eigenvalue weighted by atomic mass is 9.90. The third-order valence-electron chi connectivity index (χ3n) is 2.28. The first-order chi connectivity index (χ1) is 6.21. The van der Waals surface area contributed by atoms with Gasteiger partial charge in [-0.25, -0.2) is 0 Å². The second kappa shape index (κ2) is 4.26. The third kappa shape index (κ3) is 2.20. The summed E-state index contributed by atoms with van der Waals surface area (Å²) in [5, 5.41) is 11.9. The minimum Gasteiger partial charge on any atom is -0.480 e. The van der Waals surface area contributed by atoms with E-state index in [4.69, 9.17) is 16.3 Å². The summed E-state index contributed by atoms with van der Waals surface area (Å²) >= 11 is 0. The Bertz CT molecular complexity index is 226. The van der Waals surface area contributed by atoms with E-state index in [1.807, 2.05) is 0 Å². The van der Waals surface area contributed by atoms with Gasteiger partial charge in [-0.15, -0.1) is 6.42 Å². The first-order valence-corrected chi connectivity index (χ1v) is 4.21. The zero-order valence-electron chi connectivity index (χ0n) is 7.38. The monoisotopic (exact) mass is 183 g/mol. The number of carboxylic acids is 1. The van der Waals surface area contributed by atoms with E-state index in [1.165, 1.54) is 0 Å². The van der Waals surface area contributed by atoms with Crippen LogP contribution in [0.3, 0.4) is 0 Å². The van der Waals surface area contributed by atoms with Gasteiger partial charge < -0.3 is 9.84 Å². The molecule has 13 heavy (non-hydrogen) atoms. The first kappa shape index (κ1) is 10.0. The van der Waals surface area contributed by atoms with E-state index in [0.29, 0.717) is 26.1 Å². The average Bonchev–Trinajstić information content (AvgIpc) is 2.16. The normalized spacial score (nSPS) is 20.5. The van der Waals surface area contributed by atoms with Crippen LogP contribution in [0.4, 0.5) is 0 Å². The molecule has 0 aliphatic carbocycles. The van der Waals surface area contributed by atoms with Crippen LogP contribution in [0.1, 0.15) is 12.8 Å². The van der Waals surface area contributed by atoms with E-state index >= 15 is 0 Å². The molecule has 0 amide bonds. The van der Waals surface area contributed by atoms with Crippen molar-refractivity contribution in [1.82, 2.24) is 5.32 Å². The Balaban J connectivity index is 2.62. The van der Waals surface area contributed by atoms with Gasteiger partial charge in [0.1, 0.15) is 5.54 Å². The molecule has 1 heterocycles. The summed E-state index contributed by atoms with van der Waals surface area (Å²) < 4.78 is 5.10. The van der Waals surface area contributed by atoms with Crippen molar-refractivity contribution in [3.63, 3.8) is 0 Å². The zero-order valence-corrected chi connectivity index (χ0v) is 7.38. The maximum atomic E-state index is 11.0.